The van der Waals surface area contributed by atoms with E-state index in [1.165, 1.54) is 37.7 Å². The largest absolute Gasteiger partial charge is 0.453 e. The average Bonchev–Trinajstić information content (AvgIpc) is 3.42. The number of fused-ring (bicyclic) bond motifs is 1. The Morgan fingerprint density at radius 1 is 1.09 bits per heavy atom. The van der Waals surface area contributed by atoms with E-state index in [0.29, 0.717) is 28.8 Å². The number of likely N-dealkylation sites (tertiary alicyclic amines) is 1. The average molecular weight is 503 g/mol. The summed E-state index contributed by atoms with van der Waals surface area (Å²) in [4.78, 5) is 44.1. The van der Waals surface area contributed by atoms with E-state index >= 15 is 0 Å². The minimum Gasteiger partial charge on any atom is -0.453 e. The first-order chi connectivity index (χ1) is 16.6. The van der Waals surface area contributed by atoms with Gasteiger partial charge in [-0.1, -0.05) is 43.4 Å². The lowest BCUT2D eigenvalue weighted by Gasteiger charge is -2.34. The number of anilines is 2. The Kier molecular flexibility index (Phi) is 7.49. The van der Waals surface area contributed by atoms with Crippen molar-refractivity contribution < 1.29 is 23.9 Å². The van der Waals surface area contributed by atoms with Gasteiger partial charge in [0.05, 0.1) is 17.3 Å². The van der Waals surface area contributed by atoms with Gasteiger partial charge in [-0.15, -0.1) is 0 Å². The van der Waals surface area contributed by atoms with E-state index in [9.17, 15) is 14.4 Å². The molecule has 3 amide bonds. The highest BCUT2D eigenvalue weighted by Crippen LogP contribution is 2.40. The van der Waals surface area contributed by atoms with Crippen LogP contribution in [0.2, 0.25) is 0 Å². The fourth-order valence-corrected chi connectivity index (χ4v) is 6.03. The first-order valence-corrected chi connectivity index (χ1v) is 13.0. The topological polar surface area (TPSA) is 110 Å². The standard InChI is InChI=1S/C25H34N4O5S/c1-25(2,3)34-24(32)29-13-12-17(15-8-6-5-7-9-15)20(29)21(30)26-16-10-11-18-19(14-16)35-22(27-18)28-23(31)33-4/h10-11,14-15,17,20H,5-9,12-13H2,1-4H3,(H,26,30)(H,27,28,31)/t17-,20-/m0/s1. The third-order valence-corrected chi connectivity index (χ3v) is 7.58. The number of carbonyl (C=O) groups is 3. The number of aromatic nitrogens is 1. The summed E-state index contributed by atoms with van der Waals surface area (Å²) in [5.41, 5.74) is 0.693. The summed E-state index contributed by atoms with van der Waals surface area (Å²) in [6.07, 6.45) is 5.55. The Morgan fingerprint density at radius 2 is 1.83 bits per heavy atom. The molecule has 4 rings (SSSR count). The second-order valence-corrected chi connectivity index (χ2v) is 11.3. The Hall–Kier alpha value is -2.88. The monoisotopic (exact) mass is 502 g/mol. The van der Waals surface area contributed by atoms with Gasteiger partial charge in [-0.3, -0.25) is 15.0 Å². The molecular formula is C25H34N4O5S. The van der Waals surface area contributed by atoms with Crippen LogP contribution in [0.5, 0.6) is 0 Å². The molecule has 2 N–H and O–H groups in total. The molecule has 1 aromatic carbocycles. The molecule has 1 aliphatic heterocycles. The smallest absolute Gasteiger partial charge is 0.413 e. The summed E-state index contributed by atoms with van der Waals surface area (Å²) >= 11 is 1.29. The van der Waals surface area contributed by atoms with Crippen molar-refractivity contribution in [3.05, 3.63) is 18.2 Å². The maximum absolute atomic E-state index is 13.6. The zero-order chi connectivity index (χ0) is 25.2. The normalized spacial score (nSPS) is 21.1. The summed E-state index contributed by atoms with van der Waals surface area (Å²) < 4.78 is 11.1. The molecule has 2 aliphatic rings. The highest BCUT2D eigenvalue weighted by atomic mass is 32.1. The molecule has 0 spiro atoms. The van der Waals surface area contributed by atoms with E-state index in [0.717, 1.165) is 24.0 Å². The minimum atomic E-state index is -0.631. The van der Waals surface area contributed by atoms with Crippen LogP contribution >= 0.6 is 11.3 Å². The van der Waals surface area contributed by atoms with Gasteiger partial charge in [0.2, 0.25) is 5.91 Å². The molecule has 190 valence electrons. The van der Waals surface area contributed by atoms with Crippen molar-refractivity contribution in [3.63, 3.8) is 0 Å². The summed E-state index contributed by atoms with van der Waals surface area (Å²) in [7, 11) is 1.29. The molecule has 0 bridgehead atoms. The van der Waals surface area contributed by atoms with E-state index in [-0.39, 0.29) is 11.8 Å². The van der Waals surface area contributed by atoms with Crippen molar-refractivity contribution in [2.75, 3.05) is 24.3 Å². The zero-order valence-electron chi connectivity index (χ0n) is 20.8. The van der Waals surface area contributed by atoms with Gasteiger partial charge in [0.15, 0.2) is 5.13 Å². The van der Waals surface area contributed by atoms with Gasteiger partial charge in [0.1, 0.15) is 11.6 Å². The van der Waals surface area contributed by atoms with Crippen molar-refractivity contribution in [1.29, 1.82) is 0 Å². The Balaban J connectivity index is 1.54. The quantitative estimate of drug-likeness (QED) is 0.562. The van der Waals surface area contributed by atoms with Gasteiger partial charge in [0.25, 0.3) is 0 Å². The summed E-state index contributed by atoms with van der Waals surface area (Å²) in [6.45, 7) is 6.03. The number of nitrogens with zero attached hydrogens (tertiary/aromatic N) is 2. The molecule has 10 heteroatoms. The number of carbonyl (C=O) groups excluding carboxylic acids is 3. The second-order valence-electron chi connectivity index (χ2n) is 10.3. The van der Waals surface area contributed by atoms with Crippen LogP contribution in [0.4, 0.5) is 20.4 Å². The van der Waals surface area contributed by atoms with E-state index in [1.807, 2.05) is 26.8 Å². The lowest BCUT2D eigenvalue weighted by molar-refractivity contribution is -0.122. The number of thiazole rings is 1. The van der Waals surface area contributed by atoms with Crippen LogP contribution in [0, 0.1) is 11.8 Å². The van der Waals surface area contributed by atoms with Crippen LogP contribution < -0.4 is 10.6 Å². The van der Waals surface area contributed by atoms with Crippen molar-refractivity contribution in [1.82, 2.24) is 9.88 Å². The number of amides is 3. The van der Waals surface area contributed by atoms with Crippen LogP contribution in [-0.4, -0.2) is 53.3 Å². The predicted molar refractivity (Wildman–Crippen MR) is 136 cm³/mol. The first kappa shape index (κ1) is 25.2. The molecule has 2 aromatic rings. The maximum Gasteiger partial charge on any atom is 0.413 e. The van der Waals surface area contributed by atoms with E-state index in [4.69, 9.17) is 4.74 Å². The highest BCUT2D eigenvalue weighted by molar-refractivity contribution is 7.22. The van der Waals surface area contributed by atoms with Gasteiger partial charge in [0, 0.05) is 12.2 Å². The lowest BCUT2D eigenvalue weighted by Crippen LogP contribution is -2.49. The Morgan fingerprint density at radius 3 is 2.51 bits per heavy atom. The molecule has 2 heterocycles. The maximum atomic E-state index is 13.6. The third kappa shape index (κ3) is 6.04. The SMILES string of the molecule is COC(=O)Nc1nc2ccc(NC(=O)[C@@H]3[C@H](C4CCCCC4)CCN3C(=O)OC(C)(C)C)cc2s1. The number of ether oxygens (including phenoxy) is 2. The Bertz CT molecular complexity index is 1090. The number of rotatable bonds is 4. The minimum absolute atomic E-state index is 0.116. The molecule has 1 saturated carbocycles. The van der Waals surface area contributed by atoms with E-state index in [2.05, 4.69) is 20.4 Å². The van der Waals surface area contributed by atoms with Gasteiger partial charge in [-0.25, -0.2) is 14.6 Å². The van der Waals surface area contributed by atoms with Crippen molar-refractivity contribution >= 4 is 50.5 Å². The van der Waals surface area contributed by atoms with Crippen LogP contribution in [0.25, 0.3) is 10.2 Å². The molecule has 2 atom stereocenters. The molecule has 9 nitrogen and oxygen atoms in total. The van der Waals surface area contributed by atoms with Gasteiger partial charge in [-0.2, -0.15) is 0 Å². The summed E-state index contributed by atoms with van der Waals surface area (Å²) in [5, 5.41) is 6.01. The van der Waals surface area contributed by atoms with E-state index in [1.54, 1.807) is 17.0 Å². The molecule has 0 radical (unpaired) electrons. The molecule has 1 aliphatic carbocycles. The number of hydrogen-bond acceptors (Lipinski definition) is 7. The van der Waals surface area contributed by atoms with Crippen molar-refractivity contribution in [2.45, 2.75) is 70.9 Å². The van der Waals surface area contributed by atoms with Crippen LogP contribution in [0.1, 0.15) is 59.3 Å². The number of benzene rings is 1. The molecule has 1 aromatic heterocycles. The fraction of sp³-hybridized carbons (Fsp3) is 0.600. The Labute approximate surface area is 209 Å². The van der Waals surface area contributed by atoms with Crippen LogP contribution in [0.3, 0.4) is 0 Å². The van der Waals surface area contributed by atoms with Gasteiger partial charge >= 0.3 is 12.2 Å². The summed E-state index contributed by atoms with van der Waals surface area (Å²) in [6, 6.07) is 4.84. The number of nitrogens with one attached hydrogen (secondary N) is 2. The van der Waals surface area contributed by atoms with Gasteiger partial charge < -0.3 is 14.8 Å². The number of methoxy groups -OCH3 is 1. The third-order valence-electron chi connectivity index (χ3n) is 6.65. The van der Waals surface area contributed by atoms with Crippen molar-refractivity contribution in [3.8, 4) is 0 Å². The van der Waals surface area contributed by atoms with Crippen LogP contribution in [-0.2, 0) is 14.3 Å². The zero-order valence-corrected chi connectivity index (χ0v) is 21.6. The van der Waals surface area contributed by atoms with Gasteiger partial charge in [-0.05, 0) is 57.2 Å². The van der Waals surface area contributed by atoms with Crippen LogP contribution in [0.15, 0.2) is 18.2 Å². The molecule has 0 unspecified atom stereocenters. The lowest BCUT2D eigenvalue weighted by atomic mass is 9.76. The van der Waals surface area contributed by atoms with E-state index < -0.39 is 23.8 Å². The molecule has 2 fully saturated rings. The summed E-state index contributed by atoms with van der Waals surface area (Å²) in [5.74, 6) is 0.356. The highest BCUT2D eigenvalue weighted by Gasteiger charge is 2.46. The second kappa shape index (κ2) is 10.4. The molecular weight excluding hydrogens is 468 g/mol. The van der Waals surface area contributed by atoms with Crippen molar-refractivity contribution in [2.24, 2.45) is 11.8 Å². The molecule has 35 heavy (non-hydrogen) atoms. The first-order valence-electron chi connectivity index (χ1n) is 12.2. The predicted octanol–water partition coefficient (Wildman–Crippen LogP) is 5.62. The molecule has 1 saturated heterocycles. The number of hydrogen-bond donors (Lipinski definition) is 2. The fourth-order valence-electron chi connectivity index (χ4n) is 5.14.